The van der Waals surface area contributed by atoms with E-state index in [0.29, 0.717) is 27.1 Å². The fourth-order valence-electron chi connectivity index (χ4n) is 2.61. The number of carbonyl (C=O) groups excluding carboxylic acids is 1. The number of anilines is 1. The molecule has 136 valence electrons. The van der Waals surface area contributed by atoms with E-state index in [2.05, 4.69) is 5.32 Å². The van der Waals surface area contributed by atoms with Crippen LogP contribution in [-0.4, -0.2) is 13.0 Å². The van der Waals surface area contributed by atoms with Gasteiger partial charge in [0, 0.05) is 15.6 Å². The topological polar surface area (TPSA) is 38.3 Å². The summed E-state index contributed by atoms with van der Waals surface area (Å²) in [5, 5.41) is 3.95. The van der Waals surface area contributed by atoms with Crippen LogP contribution in [0.25, 0.3) is 11.6 Å². The molecule has 3 aromatic rings. The van der Waals surface area contributed by atoms with Crippen LogP contribution in [0.15, 0.2) is 72.8 Å². The predicted molar refractivity (Wildman–Crippen MR) is 112 cm³/mol. The Morgan fingerprint density at radius 3 is 2.37 bits per heavy atom. The van der Waals surface area contributed by atoms with Gasteiger partial charge in [-0.15, -0.1) is 0 Å². The van der Waals surface area contributed by atoms with Crippen LogP contribution < -0.4 is 10.1 Å². The van der Waals surface area contributed by atoms with Gasteiger partial charge in [-0.1, -0.05) is 71.7 Å². The maximum Gasteiger partial charge on any atom is 0.256 e. The van der Waals surface area contributed by atoms with Crippen molar-refractivity contribution in [3.63, 3.8) is 0 Å². The molecule has 0 bridgehead atoms. The monoisotopic (exact) mass is 397 g/mol. The fraction of sp³-hybridized carbons (Fsp3) is 0.0455. The van der Waals surface area contributed by atoms with Crippen molar-refractivity contribution in [3.05, 3.63) is 94.0 Å². The minimum atomic E-state index is -0.290. The van der Waals surface area contributed by atoms with Gasteiger partial charge in [0.25, 0.3) is 5.91 Å². The fourth-order valence-corrected chi connectivity index (χ4v) is 2.98. The van der Waals surface area contributed by atoms with Crippen LogP contribution in [0.5, 0.6) is 5.75 Å². The zero-order chi connectivity index (χ0) is 19.2. The van der Waals surface area contributed by atoms with E-state index in [-0.39, 0.29) is 5.91 Å². The molecule has 0 aliphatic carbocycles. The van der Waals surface area contributed by atoms with Gasteiger partial charge in [0.15, 0.2) is 0 Å². The molecule has 27 heavy (non-hydrogen) atoms. The number of methoxy groups -OCH3 is 1. The lowest BCUT2D eigenvalue weighted by Gasteiger charge is -2.13. The zero-order valence-corrected chi connectivity index (χ0v) is 16.1. The number of rotatable bonds is 5. The second-order valence-electron chi connectivity index (χ2n) is 5.74. The second kappa shape index (κ2) is 8.76. The number of hydrogen-bond donors (Lipinski definition) is 1. The van der Waals surface area contributed by atoms with Crippen molar-refractivity contribution in [1.29, 1.82) is 0 Å². The summed E-state index contributed by atoms with van der Waals surface area (Å²) in [4.78, 5) is 13.1. The van der Waals surface area contributed by atoms with E-state index in [4.69, 9.17) is 27.9 Å². The smallest absolute Gasteiger partial charge is 0.256 e. The van der Waals surface area contributed by atoms with Gasteiger partial charge in [0.05, 0.1) is 12.8 Å². The Kier molecular flexibility index (Phi) is 6.17. The molecule has 0 atom stereocenters. The van der Waals surface area contributed by atoms with Crippen LogP contribution in [0.1, 0.15) is 11.1 Å². The molecule has 3 rings (SSSR count). The van der Waals surface area contributed by atoms with E-state index >= 15 is 0 Å². The summed E-state index contributed by atoms with van der Waals surface area (Å²) in [7, 11) is 1.54. The largest absolute Gasteiger partial charge is 0.495 e. The number of ether oxygens (including phenoxy) is 1. The Bertz CT molecular complexity index is 985. The first kappa shape index (κ1) is 19.0. The lowest BCUT2D eigenvalue weighted by atomic mass is 10.0. The zero-order valence-electron chi connectivity index (χ0n) is 14.6. The number of halogens is 2. The molecule has 0 aliphatic heterocycles. The summed E-state index contributed by atoms with van der Waals surface area (Å²) >= 11 is 12.3. The average molecular weight is 398 g/mol. The third-order valence-electron chi connectivity index (χ3n) is 3.94. The van der Waals surface area contributed by atoms with E-state index < -0.39 is 0 Å². The average Bonchev–Trinajstić information content (AvgIpc) is 2.68. The number of benzene rings is 3. The Labute approximate surface area is 168 Å². The third-order valence-corrected chi connectivity index (χ3v) is 4.52. The van der Waals surface area contributed by atoms with Crippen LogP contribution >= 0.6 is 23.2 Å². The van der Waals surface area contributed by atoms with Crippen molar-refractivity contribution in [2.45, 2.75) is 0 Å². The van der Waals surface area contributed by atoms with Crippen LogP contribution in [0.2, 0.25) is 10.0 Å². The number of carbonyl (C=O) groups is 1. The maximum absolute atomic E-state index is 13.1. The highest BCUT2D eigenvalue weighted by molar-refractivity contribution is 6.34. The van der Waals surface area contributed by atoms with Crippen molar-refractivity contribution in [3.8, 4) is 5.75 Å². The van der Waals surface area contributed by atoms with Crippen molar-refractivity contribution >= 4 is 46.4 Å². The summed E-state index contributed by atoms with van der Waals surface area (Å²) in [6.07, 6.45) is 1.77. The third kappa shape index (κ3) is 4.70. The molecule has 0 fully saturated rings. The van der Waals surface area contributed by atoms with Crippen molar-refractivity contribution in [2.24, 2.45) is 0 Å². The first-order valence-electron chi connectivity index (χ1n) is 8.25. The van der Waals surface area contributed by atoms with Crippen LogP contribution in [0, 0.1) is 0 Å². The molecule has 0 spiro atoms. The van der Waals surface area contributed by atoms with E-state index in [9.17, 15) is 4.79 Å². The highest BCUT2D eigenvalue weighted by Crippen LogP contribution is 2.30. The van der Waals surface area contributed by atoms with Crippen LogP contribution in [-0.2, 0) is 4.79 Å². The highest BCUT2D eigenvalue weighted by Gasteiger charge is 2.15. The summed E-state index contributed by atoms with van der Waals surface area (Å²) in [6.45, 7) is 0. The minimum Gasteiger partial charge on any atom is -0.495 e. The first-order valence-corrected chi connectivity index (χ1v) is 9.00. The molecule has 1 amide bonds. The molecule has 0 heterocycles. The number of nitrogens with one attached hydrogen (secondary N) is 1. The van der Waals surface area contributed by atoms with Gasteiger partial charge in [-0.3, -0.25) is 4.79 Å². The van der Waals surface area contributed by atoms with Crippen LogP contribution in [0.4, 0.5) is 5.69 Å². The lowest BCUT2D eigenvalue weighted by molar-refractivity contribution is -0.111. The summed E-state index contributed by atoms with van der Waals surface area (Å²) in [5.74, 6) is 0.236. The first-order chi connectivity index (χ1) is 13.1. The molecular weight excluding hydrogens is 381 g/mol. The SMILES string of the molecule is COc1ccc(Cl)cc1NC(=O)/C(=C/c1ccccc1Cl)c1ccccc1. The standard InChI is InChI=1S/C22H17Cl2NO2/c1-27-21-12-11-17(23)14-20(21)25-22(26)18(15-7-3-2-4-8-15)13-16-9-5-6-10-19(16)24/h2-14H,1H3,(H,25,26)/b18-13+. The van der Waals surface area contributed by atoms with E-state index in [1.165, 1.54) is 7.11 Å². The predicted octanol–water partition coefficient (Wildman–Crippen LogP) is 6.18. The van der Waals surface area contributed by atoms with Gasteiger partial charge in [-0.25, -0.2) is 0 Å². The summed E-state index contributed by atoms with van der Waals surface area (Å²) < 4.78 is 5.31. The molecule has 0 saturated carbocycles. The number of hydrogen-bond acceptors (Lipinski definition) is 2. The van der Waals surface area contributed by atoms with Gasteiger partial charge < -0.3 is 10.1 Å². The van der Waals surface area contributed by atoms with Crippen LogP contribution in [0.3, 0.4) is 0 Å². The van der Waals surface area contributed by atoms with Crippen molar-refractivity contribution in [2.75, 3.05) is 12.4 Å². The van der Waals surface area contributed by atoms with Gasteiger partial charge in [-0.05, 0) is 41.5 Å². The number of amides is 1. The molecule has 0 aromatic heterocycles. The Balaban J connectivity index is 2.02. The van der Waals surface area contributed by atoms with Gasteiger partial charge in [0.1, 0.15) is 5.75 Å². The van der Waals surface area contributed by atoms with E-state index in [1.807, 2.05) is 48.5 Å². The summed E-state index contributed by atoms with van der Waals surface area (Å²) in [6, 6.07) is 21.8. The molecule has 3 aromatic carbocycles. The van der Waals surface area contributed by atoms with Gasteiger partial charge in [0.2, 0.25) is 0 Å². The molecule has 0 aliphatic rings. The van der Waals surface area contributed by atoms with Crippen molar-refractivity contribution in [1.82, 2.24) is 0 Å². The molecule has 0 radical (unpaired) electrons. The maximum atomic E-state index is 13.1. The van der Waals surface area contributed by atoms with Crippen molar-refractivity contribution < 1.29 is 9.53 Å². The normalized spacial score (nSPS) is 11.1. The van der Waals surface area contributed by atoms with Gasteiger partial charge in [-0.2, -0.15) is 0 Å². The molecule has 1 N–H and O–H groups in total. The Morgan fingerprint density at radius 1 is 0.963 bits per heavy atom. The Hall–Kier alpha value is -2.75. The second-order valence-corrected chi connectivity index (χ2v) is 6.59. The molecule has 0 unspecified atom stereocenters. The highest BCUT2D eigenvalue weighted by atomic mass is 35.5. The van der Waals surface area contributed by atoms with E-state index in [0.717, 1.165) is 11.1 Å². The quantitative estimate of drug-likeness (QED) is 0.412. The molecule has 5 heteroatoms. The van der Waals surface area contributed by atoms with Gasteiger partial charge >= 0.3 is 0 Å². The molecule has 0 saturated heterocycles. The summed E-state index contributed by atoms with van der Waals surface area (Å²) in [5.41, 5.74) is 2.50. The Morgan fingerprint density at radius 2 is 1.67 bits per heavy atom. The minimum absolute atomic E-state index is 0.290. The lowest BCUT2D eigenvalue weighted by Crippen LogP contribution is -2.14. The molecule has 3 nitrogen and oxygen atoms in total. The van der Waals surface area contributed by atoms with E-state index in [1.54, 1.807) is 30.3 Å². The molecular formula is C22H17Cl2NO2.